The van der Waals surface area contributed by atoms with Crippen molar-refractivity contribution in [2.75, 3.05) is 26.4 Å². The maximum absolute atomic E-state index is 11.2. The van der Waals surface area contributed by atoms with Gasteiger partial charge in [0.05, 0.1) is 0 Å². The molecular weight excluding hydrogens is 286 g/mol. The van der Waals surface area contributed by atoms with E-state index in [-0.39, 0.29) is 5.78 Å². The van der Waals surface area contributed by atoms with Crippen LogP contribution < -0.4 is 0 Å². The number of hydrogen-bond donors (Lipinski definition) is 0. The maximum Gasteiger partial charge on any atom is 0.160 e. The number of rotatable bonds is 5. The number of benzene rings is 1. The standard InChI is InChI=1S/C12H16BrNOS/c1-9(15)11-5-4-10(8-12(11)13)16-7-6-14(2)3/h4-5,8H,6-7H2,1-3H3. The number of Topliss-reactive ketones (excluding diaryl/α,β-unsaturated/α-hetero) is 1. The van der Waals surface area contributed by atoms with E-state index in [0.717, 1.165) is 22.3 Å². The molecule has 1 aromatic carbocycles. The van der Waals surface area contributed by atoms with E-state index in [9.17, 15) is 4.79 Å². The largest absolute Gasteiger partial charge is 0.309 e. The fraction of sp³-hybridized carbons (Fsp3) is 0.417. The summed E-state index contributed by atoms with van der Waals surface area (Å²) in [5.41, 5.74) is 0.747. The third kappa shape index (κ3) is 4.28. The summed E-state index contributed by atoms with van der Waals surface area (Å²) in [6, 6.07) is 5.89. The molecule has 0 aliphatic heterocycles. The molecule has 0 heterocycles. The second-order valence-corrected chi connectivity index (χ2v) is 5.87. The SMILES string of the molecule is CC(=O)c1ccc(SCCN(C)C)cc1Br. The highest BCUT2D eigenvalue weighted by atomic mass is 79.9. The Labute approximate surface area is 110 Å². The van der Waals surface area contributed by atoms with Crippen molar-refractivity contribution in [2.24, 2.45) is 0 Å². The first-order valence-corrected chi connectivity index (χ1v) is 6.86. The Morgan fingerprint density at radius 2 is 2.12 bits per heavy atom. The molecule has 88 valence electrons. The molecule has 0 N–H and O–H groups in total. The summed E-state index contributed by atoms with van der Waals surface area (Å²) >= 11 is 5.22. The first kappa shape index (κ1) is 13.7. The zero-order valence-electron chi connectivity index (χ0n) is 9.79. The topological polar surface area (TPSA) is 20.3 Å². The minimum absolute atomic E-state index is 0.0942. The summed E-state index contributed by atoms with van der Waals surface area (Å²) in [6.45, 7) is 2.63. The molecule has 0 fully saturated rings. The van der Waals surface area contributed by atoms with Gasteiger partial charge in [0.2, 0.25) is 0 Å². The third-order valence-electron chi connectivity index (χ3n) is 2.13. The molecule has 0 aliphatic carbocycles. The zero-order valence-corrected chi connectivity index (χ0v) is 12.2. The van der Waals surface area contributed by atoms with Gasteiger partial charge in [0.1, 0.15) is 0 Å². The van der Waals surface area contributed by atoms with Crippen molar-refractivity contribution in [1.82, 2.24) is 4.90 Å². The minimum atomic E-state index is 0.0942. The highest BCUT2D eigenvalue weighted by Gasteiger charge is 2.05. The lowest BCUT2D eigenvalue weighted by Crippen LogP contribution is -2.14. The average molecular weight is 302 g/mol. The summed E-state index contributed by atoms with van der Waals surface area (Å²) in [4.78, 5) is 14.6. The van der Waals surface area contributed by atoms with Gasteiger partial charge in [0, 0.05) is 27.2 Å². The molecule has 1 aromatic rings. The van der Waals surface area contributed by atoms with E-state index in [1.54, 1.807) is 18.7 Å². The van der Waals surface area contributed by atoms with Crippen molar-refractivity contribution in [2.45, 2.75) is 11.8 Å². The highest BCUT2D eigenvalue weighted by molar-refractivity contribution is 9.10. The number of hydrogen-bond acceptors (Lipinski definition) is 3. The summed E-state index contributed by atoms with van der Waals surface area (Å²) < 4.78 is 0.884. The predicted molar refractivity (Wildman–Crippen MR) is 73.4 cm³/mol. The normalized spacial score (nSPS) is 10.8. The molecule has 2 nitrogen and oxygen atoms in total. The lowest BCUT2D eigenvalue weighted by Gasteiger charge is -2.09. The van der Waals surface area contributed by atoms with Crippen molar-refractivity contribution >= 4 is 33.5 Å². The molecule has 0 radical (unpaired) electrons. The first-order chi connectivity index (χ1) is 7.50. The van der Waals surface area contributed by atoms with Crippen molar-refractivity contribution in [3.8, 4) is 0 Å². The van der Waals surface area contributed by atoms with Gasteiger partial charge in [-0.05, 0) is 39.2 Å². The van der Waals surface area contributed by atoms with E-state index >= 15 is 0 Å². The highest BCUT2D eigenvalue weighted by Crippen LogP contribution is 2.25. The summed E-state index contributed by atoms with van der Waals surface area (Å²) in [7, 11) is 4.13. The van der Waals surface area contributed by atoms with Gasteiger partial charge >= 0.3 is 0 Å². The van der Waals surface area contributed by atoms with Gasteiger partial charge in [-0.25, -0.2) is 0 Å². The number of ketones is 1. The van der Waals surface area contributed by atoms with Crippen LogP contribution in [0, 0.1) is 0 Å². The summed E-state index contributed by atoms with van der Waals surface area (Å²) in [6.07, 6.45) is 0. The minimum Gasteiger partial charge on any atom is -0.309 e. The van der Waals surface area contributed by atoms with Gasteiger partial charge in [-0.2, -0.15) is 0 Å². The molecule has 0 unspecified atom stereocenters. The number of thioether (sulfide) groups is 1. The van der Waals surface area contributed by atoms with E-state index in [1.165, 1.54) is 4.90 Å². The smallest absolute Gasteiger partial charge is 0.160 e. The van der Waals surface area contributed by atoms with Crippen LogP contribution in [0.25, 0.3) is 0 Å². The molecule has 0 saturated carbocycles. The van der Waals surface area contributed by atoms with E-state index in [4.69, 9.17) is 0 Å². The van der Waals surface area contributed by atoms with Gasteiger partial charge in [0.25, 0.3) is 0 Å². The summed E-state index contributed by atoms with van der Waals surface area (Å²) in [5.74, 6) is 1.15. The first-order valence-electron chi connectivity index (χ1n) is 5.08. The third-order valence-corrected chi connectivity index (χ3v) is 3.76. The van der Waals surface area contributed by atoms with Gasteiger partial charge in [-0.15, -0.1) is 11.8 Å². The Morgan fingerprint density at radius 3 is 2.62 bits per heavy atom. The van der Waals surface area contributed by atoms with Crippen molar-refractivity contribution in [1.29, 1.82) is 0 Å². The molecule has 0 aliphatic rings. The van der Waals surface area contributed by atoms with Crippen molar-refractivity contribution in [3.63, 3.8) is 0 Å². The molecule has 1 rings (SSSR count). The second kappa shape index (κ2) is 6.42. The van der Waals surface area contributed by atoms with Crippen LogP contribution in [0.1, 0.15) is 17.3 Å². The predicted octanol–water partition coefficient (Wildman–Crippen LogP) is 3.31. The molecule has 0 amide bonds. The fourth-order valence-electron chi connectivity index (χ4n) is 1.22. The quantitative estimate of drug-likeness (QED) is 0.615. The Morgan fingerprint density at radius 1 is 1.44 bits per heavy atom. The van der Waals surface area contributed by atoms with Crippen LogP contribution in [-0.2, 0) is 0 Å². The van der Waals surface area contributed by atoms with E-state index < -0.39 is 0 Å². The van der Waals surface area contributed by atoms with Crippen LogP contribution >= 0.6 is 27.7 Å². The fourth-order valence-corrected chi connectivity index (χ4v) is 3.08. The van der Waals surface area contributed by atoms with E-state index in [1.807, 2.05) is 18.2 Å². The van der Waals surface area contributed by atoms with Gasteiger partial charge in [-0.1, -0.05) is 15.9 Å². The van der Waals surface area contributed by atoms with Gasteiger partial charge < -0.3 is 4.90 Å². The summed E-state index contributed by atoms with van der Waals surface area (Å²) in [5, 5.41) is 0. The van der Waals surface area contributed by atoms with Gasteiger partial charge in [-0.3, -0.25) is 4.79 Å². The van der Waals surface area contributed by atoms with Crippen LogP contribution in [0.2, 0.25) is 0 Å². The zero-order chi connectivity index (χ0) is 12.1. The maximum atomic E-state index is 11.2. The van der Waals surface area contributed by atoms with Crippen molar-refractivity contribution < 1.29 is 4.79 Å². The van der Waals surface area contributed by atoms with Crippen molar-refractivity contribution in [3.05, 3.63) is 28.2 Å². The Bertz CT molecular complexity index is 379. The number of carbonyl (C=O) groups excluding carboxylic acids is 1. The number of halogens is 1. The second-order valence-electron chi connectivity index (χ2n) is 3.85. The van der Waals surface area contributed by atoms with Crippen LogP contribution in [0.4, 0.5) is 0 Å². The molecular formula is C12H16BrNOS. The molecule has 0 spiro atoms. The lowest BCUT2D eigenvalue weighted by atomic mass is 10.2. The molecule has 16 heavy (non-hydrogen) atoms. The Kier molecular flexibility index (Phi) is 5.52. The number of carbonyl (C=O) groups is 1. The Hall–Kier alpha value is -0.320. The average Bonchev–Trinajstić information content (AvgIpc) is 2.16. The van der Waals surface area contributed by atoms with Crippen LogP contribution in [-0.4, -0.2) is 37.1 Å². The molecule has 0 saturated heterocycles. The van der Waals surface area contributed by atoms with Crippen LogP contribution in [0.15, 0.2) is 27.6 Å². The molecule has 0 aromatic heterocycles. The van der Waals surface area contributed by atoms with E-state index in [2.05, 4.69) is 34.9 Å². The monoisotopic (exact) mass is 301 g/mol. The van der Waals surface area contributed by atoms with E-state index in [0.29, 0.717) is 0 Å². The van der Waals surface area contributed by atoms with Crippen LogP contribution in [0.5, 0.6) is 0 Å². The van der Waals surface area contributed by atoms with Crippen LogP contribution in [0.3, 0.4) is 0 Å². The number of nitrogens with zero attached hydrogens (tertiary/aromatic N) is 1. The molecule has 4 heteroatoms. The van der Waals surface area contributed by atoms with Gasteiger partial charge in [0.15, 0.2) is 5.78 Å². The molecule has 0 bridgehead atoms. The molecule has 0 atom stereocenters. The lowest BCUT2D eigenvalue weighted by molar-refractivity contribution is 0.101. The Balaban J connectivity index is 2.63.